The van der Waals surface area contributed by atoms with Gasteiger partial charge >= 0.3 is 0 Å². The van der Waals surface area contributed by atoms with Crippen molar-refractivity contribution in [3.8, 4) is 0 Å². The van der Waals surface area contributed by atoms with Gasteiger partial charge in [-0.3, -0.25) is 9.78 Å². The highest BCUT2D eigenvalue weighted by Gasteiger charge is 2.15. The summed E-state index contributed by atoms with van der Waals surface area (Å²) in [6.45, 7) is 3.99. The third-order valence-corrected chi connectivity index (χ3v) is 3.95. The maximum Gasteiger partial charge on any atom is 0.275 e. The molecule has 1 fully saturated rings. The Kier molecular flexibility index (Phi) is 4.44. The number of rotatable bonds is 3. The standard InChI is InChI=1S/C17H20N4O/c1-12-9-20-16(11-19-12)17(22)21-15-6-4-13(5-7-15)14-3-2-8-18-10-14/h4-7,9,11,14,18H,2-3,8,10H2,1H3,(H,21,22). The number of nitrogens with one attached hydrogen (secondary N) is 2. The van der Waals surface area contributed by atoms with Crippen LogP contribution in [0, 0.1) is 6.92 Å². The van der Waals surface area contributed by atoms with Gasteiger partial charge in [0.05, 0.1) is 11.9 Å². The maximum atomic E-state index is 12.1. The Hall–Kier alpha value is -2.27. The highest BCUT2D eigenvalue weighted by atomic mass is 16.1. The predicted octanol–water partition coefficient (Wildman–Crippen LogP) is 2.50. The molecule has 1 amide bonds. The van der Waals surface area contributed by atoms with E-state index in [0.717, 1.165) is 24.5 Å². The van der Waals surface area contributed by atoms with E-state index in [9.17, 15) is 4.79 Å². The van der Waals surface area contributed by atoms with Crippen molar-refractivity contribution in [3.63, 3.8) is 0 Å². The third kappa shape index (κ3) is 3.49. The molecule has 2 aromatic rings. The summed E-state index contributed by atoms with van der Waals surface area (Å²) in [6.07, 6.45) is 5.52. The van der Waals surface area contributed by atoms with Crippen LogP contribution >= 0.6 is 0 Å². The molecule has 0 saturated carbocycles. The molecule has 1 atom stereocenters. The zero-order chi connectivity index (χ0) is 15.4. The SMILES string of the molecule is Cc1cnc(C(=O)Nc2ccc(C3CCCNC3)cc2)cn1. The molecule has 1 aromatic heterocycles. The number of piperidine rings is 1. The fraction of sp³-hybridized carbons (Fsp3) is 0.353. The van der Waals surface area contributed by atoms with Crippen molar-refractivity contribution in [1.29, 1.82) is 0 Å². The molecule has 114 valence electrons. The number of aromatic nitrogens is 2. The lowest BCUT2D eigenvalue weighted by Crippen LogP contribution is -2.28. The van der Waals surface area contributed by atoms with Crippen molar-refractivity contribution in [2.45, 2.75) is 25.7 Å². The maximum absolute atomic E-state index is 12.1. The molecule has 0 spiro atoms. The van der Waals surface area contributed by atoms with Crippen molar-refractivity contribution < 1.29 is 4.79 Å². The Morgan fingerprint density at radius 1 is 1.23 bits per heavy atom. The number of carbonyl (C=O) groups excluding carboxylic acids is 1. The number of anilines is 1. The number of carbonyl (C=O) groups is 1. The number of aryl methyl sites for hydroxylation is 1. The fourth-order valence-corrected chi connectivity index (χ4v) is 2.68. The van der Waals surface area contributed by atoms with Crippen LogP contribution in [0.15, 0.2) is 36.7 Å². The molecule has 0 bridgehead atoms. The molecule has 2 N–H and O–H groups in total. The molecule has 0 aliphatic carbocycles. The molecule has 1 aliphatic heterocycles. The number of nitrogens with zero attached hydrogens (tertiary/aromatic N) is 2. The molecule has 3 rings (SSSR count). The van der Waals surface area contributed by atoms with E-state index in [0.29, 0.717) is 11.6 Å². The predicted molar refractivity (Wildman–Crippen MR) is 86.0 cm³/mol. The summed E-state index contributed by atoms with van der Waals surface area (Å²) < 4.78 is 0. The third-order valence-electron chi connectivity index (χ3n) is 3.95. The van der Waals surface area contributed by atoms with Gasteiger partial charge in [-0.2, -0.15) is 0 Å². The molecular weight excluding hydrogens is 276 g/mol. The van der Waals surface area contributed by atoms with Crippen LogP contribution in [-0.2, 0) is 0 Å². The van der Waals surface area contributed by atoms with Gasteiger partial charge in [-0.1, -0.05) is 12.1 Å². The normalized spacial score (nSPS) is 18.0. The van der Waals surface area contributed by atoms with Crippen LogP contribution in [0.4, 0.5) is 5.69 Å². The average Bonchev–Trinajstić information content (AvgIpc) is 2.57. The Morgan fingerprint density at radius 2 is 2.05 bits per heavy atom. The Balaban J connectivity index is 1.65. The molecule has 2 heterocycles. The monoisotopic (exact) mass is 296 g/mol. The summed E-state index contributed by atoms with van der Waals surface area (Å²) in [5.41, 5.74) is 3.22. The van der Waals surface area contributed by atoms with Gasteiger partial charge in [0.1, 0.15) is 5.69 Å². The van der Waals surface area contributed by atoms with Crippen LogP contribution in [0.1, 0.15) is 40.5 Å². The minimum atomic E-state index is -0.236. The molecular formula is C17H20N4O. The van der Waals surface area contributed by atoms with Gasteiger partial charge in [0.2, 0.25) is 0 Å². The van der Waals surface area contributed by atoms with E-state index in [2.05, 4.69) is 32.7 Å². The van der Waals surface area contributed by atoms with Crippen molar-refractivity contribution in [2.75, 3.05) is 18.4 Å². The van der Waals surface area contributed by atoms with Gasteiger partial charge in [-0.15, -0.1) is 0 Å². The van der Waals surface area contributed by atoms with E-state index in [1.807, 2.05) is 19.1 Å². The second-order valence-corrected chi connectivity index (χ2v) is 5.66. The molecule has 5 nitrogen and oxygen atoms in total. The largest absolute Gasteiger partial charge is 0.321 e. The Bertz CT molecular complexity index is 631. The zero-order valence-electron chi connectivity index (χ0n) is 12.7. The smallest absolute Gasteiger partial charge is 0.275 e. The molecule has 1 aliphatic rings. The molecule has 1 aromatic carbocycles. The quantitative estimate of drug-likeness (QED) is 0.913. The number of benzene rings is 1. The Morgan fingerprint density at radius 3 is 2.68 bits per heavy atom. The van der Waals surface area contributed by atoms with Crippen LogP contribution in [0.25, 0.3) is 0 Å². The topological polar surface area (TPSA) is 66.9 Å². The summed E-state index contributed by atoms with van der Waals surface area (Å²) in [5.74, 6) is 0.334. The number of hydrogen-bond donors (Lipinski definition) is 2. The van der Waals surface area contributed by atoms with Crippen LogP contribution in [-0.4, -0.2) is 29.0 Å². The lowest BCUT2D eigenvalue weighted by molar-refractivity contribution is 0.102. The van der Waals surface area contributed by atoms with E-state index < -0.39 is 0 Å². The summed E-state index contributed by atoms with van der Waals surface area (Å²) in [5, 5.41) is 6.27. The van der Waals surface area contributed by atoms with Gasteiger partial charge in [-0.25, -0.2) is 4.98 Å². The number of amides is 1. The minimum absolute atomic E-state index is 0.236. The van der Waals surface area contributed by atoms with Crippen molar-refractivity contribution >= 4 is 11.6 Å². The van der Waals surface area contributed by atoms with E-state index in [-0.39, 0.29) is 5.91 Å². The lowest BCUT2D eigenvalue weighted by Gasteiger charge is -2.23. The zero-order valence-corrected chi connectivity index (χ0v) is 12.7. The highest BCUT2D eigenvalue weighted by Crippen LogP contribution is 2.24. The summed E-state index contributed by atoms with van der Waals surface area (Å²) in [7, 11) is 0. The van der Waals surface area contributed by atoms with Crippen molar-refractivity contribution in [2.24, 2.45) is 0 Å². The molecule has 1 saturated heterocycles. The van der Waals surface area contributed by atoms with Crippen LogP contribution in [0.5, 0.6) is 0 Å². The second kappa shape index (κ2) is 6.66. The van der Waals surface area contributed by atoms with E-state index in [4.69, 9.17) is 0 Å². The van der Waals surface area contributed by atoms with Gasteiger partial charge in [0.25, 0.3) is 5.91 Å². The molecule has 0 radical (unpaired) electrons. The van der Waals surface area contributed by atoms with Crippen molar-refractivity contribution in [1.82, 2.24) is 15.3 Å². The number of hydrogen-bond acceptors (Lipinski definition) is 4. The van der Waals surface area contributed by atoms with Crippen LogP contribution < -0.4 is 10.6 Å². The van der Waals surface area contributed by atoms with Gasteiger partial charge in [0.15, 0.2) is 0 Å². The first kappa shape index (κ1) is 14.7. The van der Waals surface area contributed by atoms with Crippen molar-refractivity contribution in [3.05, 3.63) is 53.6 Å². The first-order chi connectivity index (χ1) is 10.7. The highest BCUT2D eigenvalue weighted by molar-refractivity contribution is 6.02. The first-order valence-corrected chi connectivity index (χ1v) is 7.63. The summed E-state index contributed by atoms with van der Waals surface area (Å²) >= 11 is 0. The summed E-state index contributed by atoms with van der Waals surface area (Å²) in [4.78, 5) is 20.3. The van der Waals surface area contributed by atoms with E-state index >= 15 is 0 Å². The fourth-order valence-electron chi connectivity index (χ4n) is 2.68. The molecule has 5 heteroatoms. The van der Waals surface area contributed by atoms with Crippen LogP contribution in [0.3, 0.4) is 0 Å². The lowest BCUT2D eigenvalue weighted by atomic mass is 9.92. The van der Waals surface area contributed by atoms with Gasteiger partial charge in [-0.05, 0) is 49.9 Å². The Labute approximate surface area is 130 Å². The molecule has 1 unspecified atom stereocenters. The van der Waals surface area contributed by atoms with Gasteiger partial charge in [0, 0.05) is 18.4 Å². The van der Waals surface area contributed by atoms with E-state index in [1.165, 1.54) is 24.6 Å². The second-order valence-electron chi connectivity index (χ2n) is 5.66. The summed E-state index contributed by atoms with van der Waals surface area (Å²) in [6, 6.07) is 8.08. The average molecular weight is 296 g/mol. The molecule has 22 heavy (non-hydrogen) atoms. The van der Waals surface area contributed by atoms with Crippen LogP contribution in [0.2, 0.25) is 0 Å². The first-order valence-electron chi connectivity index (χ1n) is 7.63. The van der Waals surface area contributed by atoms with E-state index in [1.54, 1.807) is 6.20 Å². The van der Waals surface area contributed by atoms with Gasteiger partial charge < -0.3 is 10.6 Å². The minimum Gasteiger partial charge on any atom is -0.321 e.